The molecule has 0 fully saturated rings. The van der Waals surface area contributed by atoms with Gasteiger partial charge in [0.05, 0.1) is 33.6 Å². The quantitative estimate of drug-likeness (QED) is 0.243. The minimum atomic E-state index is 0.741. The molecule has 0 aliphatic carbocycles. The van der Waals surface area contributed by atoms with Gasteiger partial charge in [0.15, 0.2) is 0 Å². The minimum Gasteiger partial charge on any atom is -0.257 e. The van der Waals surface area contributed by atoms with E-state index in [1.807, 2.05) is 41.8 Å². The highest BCUT2D eigenvalue weighted by molar-refractivity contribution is 5.95. The summed E-state index contributed by atoms with van der Waals surface area (Å²) in [5, 5.41) is 7.08. The van der Waals surface area contributed by atoms with Gasteiger partial charge >= 0.3 is 0 Å². The van der Waals surface area contributed by atoms with Gasteiger partial charge in [0.25, 0.3) is 0 Å². The van der Waals surface area contributed by atoms with Crippen LogP contribution in [0.4, 0.5) is 0 Å². The molecule has 4 nitrogen and oxygen atoms in total. The first kappa shape index (κ1) is 21.7. The maximum atomic E-state index is 5.04. The molecular formula is C32H24N4. The highest BCUT2D eigenvalue weighted by Gasteiger charge is 2.11. The van der Waals surface area contributed by atoms with Crippen molar-refractivity contribution < 1.29 is 0 Å². The Morgan fingerprint density at radius 1 is 0.833 bits per heavy atom. The summed E-state index contributed by atoms with van der Waals surface area (Å²) in [7, 11) is 0. The van der Waals surface area contributed by atoms with Crippen LogP contribution in [0.25, 0.3) is 55.5 Å². The van der Waals surface area contributed by atoms with E-state index >= 15 is 0 Å². The van der Waals surface area contributed by atoms with Crippen LogP contribution in [0.3, 0.4) is 0 Å². The van der Waals surface area contributed by atoms with Crippen LogP contribution < -0.4 is 0 Å². The van der Waals surface area contributed by atoms with E-state index in [1.54, 1.807) is 6.21 Å². The van der Waals surface area contributed by atoms with Gasteiger partial charge in [-0.25, -0.2) is 9.50 Å². The lowest BCUT2D eigenvalue weighted by atomic mass is 10.0. The number of rotatable bonds is 5. The van der Waals surface area contributed by atoms with Crippen molar-refractivity contribution in [1.82, 2.24) is 14.6 Å². The number of aromatic nitrogens is 3. The van der Waals surface area contributed by atoms with Gasteiger partial charge in [0, 0.05) is 17.0 Å². The predicted molar refractivity (Wildman–Crippen MR) is 151 cm³/mol. The zero-order chi connectivity index (χ0) is 24.5. The highest BCUT2D eigenvalue weighted by Crippen LogP contribution is 2.29. The van der Waals surface area contributed by atoms with E-state index in [4.69, 9.17) is 10.1 Å². The van der Waals surface area contributed by atoms with Crippen molar-refractivity contribution >= 4 is 39.2 Å². The fraction of sp³-hybridized carbons (Fsp3) is 0.0312. The molecule has 3 heterocycles. The van der Waals surface area contributed by atoms with Crippen molar-refractivity contribution in [2.45, 2.75) is 6.92 Å². The molecule has 0 saturated carbocycles. The van der Waals surface area contributed by atoms with Gasteiger partial charge in [-0.05, 0) is 60.0 Å². The molecule has 6 rings (SSSR count). The Bertz CT molecular complexity index is 1800. The third-order valence-corrected chi connectivity index (χ3v) is 6.37. The fourth-order valence-electron chi connectivity index (χ4n) is 4.48. The Labute approximate surface area is 209 Å². The van der Waals surface area contributed by atoms with Crippen molar-refractivity contribution in [2.24, 2.45) is 4.99 Å². The number of hydrogen-bond donors (Lipinski definition) is 0. The second-order valence-corrected chi connectivity index (χ2v) is 8.66. The number of benzene rings is 3. The third-order valence-electron chi connectivity index (χ3n) is 6.37. The Morgan fingerprint density at radius 3 is 2.50 bits per heavy atom. The maximum Gasteiger partial charge on any atom is 0.0934 e. The van der Waals surface area contributed by atoms with E-state index < -0.39 is 0 Å². The second-order valence-electron chi connectivity index (χ2n) is 8.66. The van der Waals surface area contributed by atoms with Gasteiger partial charge < -0.3 is 0 Å². The molecular weight excluding hydrogens is 440 g/mol. The number of fused-ring (bicyclic) bond motifs is 4. The van der Waals surface area contributed by atoms with Crippen molar-refractivity contribution in [3.05, 3.63) is 121 Å². The molecule has 0 aliphatic heterocycles. The standard InChI is InChI=1S/C32H24N4/c1-3-4-20-33-22(2)23-12-14-24(15-13-23)26-17-16-25-18-19-29(34-30(25)21-26)32-11-7-10-31-27-8-5-6-9-28(27)35-36(31)32/h3-21H,2H2,1H3/b4-3-,33-20?. The van der Waals surface area contributed by atoms with E-state index in [1.165, 1.54) is 0 Å². The molecule has 0 amide bonds. The minimum absolute atomic E-state index is 0.741. The Balaban J connectivity index is 1.38. The SMILES string of the molecule is C=C(N=C/C=C\C)c1ccc(-c2ccc3ccc(-c4cccc5c6ccccc6nn45)nc3c2)cc1. The summed E-state index contributed by atoms with van der Waals surface area (Å²) >= 11 is 0. The third kappa shape index (κ3) is 3.89. The molecule has 0 unspecified atom stereocenters. The smallest absolute Gasteiger partial charge is 0.0934 e. The van der Waals surface area contributed by atoms with Gasteiger partial charge in [-0.3, -0.25) is 4.99 Å². The monoisotopic (exact) mass is 464 g/mol. The van der Waals surface area contributed by atoms with Gasteiger partial charge in [0.1, 0.15) is 0 Å². The largest absolute Gasteiger partial charge is 0.257 e. The molecule has 0 aliphatic rings. The summed E-state index contributed by atoms with van der Waals surface area (Å²) in [6.07, 6.45) is 5.59. The number of pyridine rings is 2. The molecule has 3 aromatic carbocycles. The van der Waals surface area contributed by atoms with Crippen molar-refractivity contribution in [3.8, 4) is 22.5 Å². The Hall–Kier alpha value is -4.83. The van der Waals surface area contributed by atoms with Gasteiger partial charge in [0.2, 0.25) is 0 Å². The average Bonchev–Trinajstić information content (AvgIpc) is 3.31. The van der Waals surface area contributed by atoms with E-state index in [9.17, 15) is 0 Å². The van der Waals surface area contributed by atoms with E-state index in [0.717, 1.165) is 61.1 Å². The highest BCUT2D eigenvalue weighted by atomic mass is 15.2. The molecule has 0 atom stereocenters. The molecule has 6 aromatic rings. The molecule has 0 saturated heterocycles. The number of allylic oxidation sites excluding steroid dienone is 2. The summed E-state index contributed by atoms with van der Waals surface area (Å²) in [5.41, 5.74) is 8.85. The van der Waals surface area contributed by atoms with E-state index in [-0.39, 0.29) is 0 Å². The molecule has 0 radical (unpaired) electrons. The van der Waals surface area contributed by atoms with Gasteiger partial charge in [-0.15, -0.1) is 0 Å². The van der Waals surface area contributed by atoms with Crippen LogP contribution in [-0.4, -0.2) is 20.8 Å². The van der Waals surface area contributed by atoms with Crippen molar-refractivity contribution in [2.75, 3.05) is 0 Å². The summed E-state index contributed by atoms with van der Waals surface area (Å²) in [4.78, 5) is 9.42. The number of hydrogen-bond acceptors (Lipinski definition) is 3. The van der Waals surface area contributed by atoms with Crippen LogP contribution in [0.15, 0.2) is 121 Å². The lowest BCUT2D eigenvalue weighted by Gasteiger charge is -2.08. The van der Waals surface area contributed by atoms with Crippen molar-refractivity contribution in [3.63, 3.8) is 0 Å². The Morgan fingerprint density at radius 2 is 1.64 bits per heavy atom. The molecule has 0 bridgehead atoms. The van der Waals surface area contributed by atoms with Crippen molar-refractivity contribution in [1.29, 1.82) is 0 Å². The molecule has 3 aromatic heterocycles. The van der Waals surface area contributed by atoms with Crippen LogP contribution in [-0.2, 0) is 0 Å². The first-order valence-corrected chi connectivity index (χ1v) is 11.9. The maximum absolute atomic E-state index is 5.04. The van der Waals surface area contributed by atoms with Gasteiger partial charge in [-0.1, -0.05) is 79.4 Å². The summed E-state index contributed by atoms with van der Waals surface area (Å²) in [6.45, 7) is 6.03. The molecule has 36 heavy (non-hydrogen) atoms. The van der Waals surface area contributed by atoms with Gasteiger partial charge in [-0.2, -0.15) is 5.10 Å². The fourth-order valence-corrected chi connectivity index (χ4v) is 4.48. The topological polar surface area (TPSA) is 42.5 Å². The van der Waals surface area contributed by atoms with Crippen LogP contribution >= 0.6 is 0 Å². The van der Waals surface area contributed by atoms with Crippen LogP contribution in [0.1, 0.15) is 12.5 Å². The zero-order valence-electron chi connectivity index (χ0n) is 20.0. The Kier molecular flexibility index (Phi) is 5.47. The van der Waals surface area contributed by atoms with Crippen LogP contribution in [0, 0.1) is 0 Å². The molecule has 172 valence electrons. The lowest BCUT2D eigenvalue weighted by molar-refractivity contribution is 0.984. The summed E-state index contributed by atoms with van der Waals surface area (Å²) in [6, 6.07) is 33.4. The van der Waals surface area contributed by atoms with E-state index in [0.29, 0.717) is 0 Å². The summed E-state index contributed by atoms with van der Waals surface area (Å²) < 4.78 is 1.99. The first-order chi connectivity index (χ1) is 17.7. The summed E-state index contributed by atoms with van der Waals surface area (Å²) in [5.74, 6) is 0. The average molecular weight is 465 g/mol. The van der Waals surface area contributed by atoms with Crippen LogP contribution in [0.5, 0.6) is 0 Å². The molecule has 0 N–H and O–H groups in total. The number of nitrogens with zero attached hydrogens (tertiary/aromatic N) is 4. The molecule has 4 heteroatoms. The molecule has 0 spiro atoms. The second kappa shape index (κ2) is 9.08. The normalized spacial score (nSPS) is 11.9. The zero-order valence-corrected chi connectivity index (χ0v) is 20.0. The first-order valence-electron chi connectivity index (χ1n) is 11.9. The van der Waals surface area contributed by atoms with E-state index in [2.05, 4.69) is 90.4 Å². The lowest BCUT2D eigenvalue weighted by Crippen LogP contribution is -1.95. The van der Waals surface area contributed by atoms with Crippen LogP contribution in [0.2, 0.25) is 0 Å². The number of aliphatic imine (C=N–C) groups is 1. The predicted octanol–water partition coefficient (Wildman–Crippen LogP) is 7.99.